The lowest BCUT2D eigenvalue weighted by atomic mass is 10.0. The summed E-state index contributed by atoms with van der Waals surface area (Å²) in [5.74, 6) is -7.81. The molecule has 9 N–H and O–H groups in total. The molecule has 0 aliphatic heterocycles. The molecule has 0 spiro atoms. The highest BCUT2D eigenvalue weighted by Crippen LogP contribution is 2.06. The van der Waals surface area contributed by atoms with Gasteiger partial charge in [-0.15, -0.1) is 0 Å². The van der Waals surface area contributed by atoms with Crippen LogP contribution < -0.4 is 21.7 Å². The average molecular weight is 448 g/mol. The highest BCUT2D eigenvalue weighted by atomic mass is 16.4. The number of nitrogens with one attached hydrogen (secondary N) is 3. The maximum Gasteiger partial charge on any atom is 0.326 e. The molecule has 4 unspecified atom stereocenters. The highest BCUT2D eigenvalue weighted by Gasteiger charge is 2.32. The number of aliphatic carboxylic acids is 3. The number of aliphatic hydroxyl groups is 1. The van der Waals surface area contributed by atoms with Gasteiger partial charge in [-0.2, -0.15) is 0 Å². The number of rotatable bonds is 14. The highest BCUT2D eigenvalue weighted by molar-refractivity contribution is 5.95. The van der Waals surface area contributed by atoms with Gasteiger partial charge in [-0.1, -0.05) is 13.8 Å². The number of hydrogen-bond donors (Lipinski definition) is 8. The van der Waals surface area contributed by atoms with Crippen LogP contribution in [0.25, 0.3) is 0 Å². The lowest BCUT2D eigenvalue weighted by molar-refractivity contribution is -0.144. The lowest BCUT2D eigenvalue weighted by Gasteiger charge is -2.25. The molecule has 0 heterocycles. The molecule has 31 heavy (non-hydrogen) atoms. The Hall–Kier alpha value is -3.26. The molecule has 0 bridgehead atoms. The molecule has 0 aromatic carbocycles. The molecule has 0 aromatic heterocycles. The van der Waals surface area contributed by atoms with Gasteiger partial charge in [0, 0.05) is 6.42 Å². The second kappa shape index (κ2) is 13.1. The van der Waals surface area contributed by atoms with E-state index in [2.05, 4.69) is 10.6 Å². The number of nitrogens with two attached hydrogens (primary N) is 1. The van der Waals surface area contributed by atoms with E-state index in [1.807, 2.05) is 5.32 Å². The molecule has 0 saturated heterocycles. The summed E-state index contributed by atoms with van der Waals surface area (Å²) in [6.45, 7) is 2.27. The Balaban J connectivity index is 5.55. The van der Waals surface area contributed by atoms with Crippen molar-refractivity contribution in [2.75, 3.05) is 6.61 Å². The Labute approximate surface area is 177 Å². The van der Waals surface area contributed by atoms with Gasteiger partial charge in [-0.05, 0) is 12.3 Å². The Morgan fingerprint density at radius 3 is 1.74 bits per heavy atom. The van der Waals surface area contributed by atoms with E-state index in [9.17, 15) is 33.9 Å². The molecule has 3 amide bonds. The summed E-state index contributed by atoms with van der Waals surface area (Å²) in [5.41, 5.74) is 5.31. The van der Waals surface area contributed by atoms with Crippen LogP contribution in [0.5, 0.6) is 0 Å². The number of carbonyl (C=O) groups is 6. The van der Waals surface area contributed by atoms with Crippen LogP contribution in [0.3, 0.4) is 0 Å². The van der Waals surface area contributed by atoms with Gasteiger partial charge >= 0.3 is 17.9 Å². The van der Waals surface area contributed by atoms with Gasteiger partial charge in [-0.3, -0.25) is 24.0 Å². The largest absolute Gasteiger partial charge is 0.481 e. The second-order valence-corrected chi connectivity index (χ2v) is 7.01. The van der Waals surface area contributed by atoms with Gasteiger partial charge in [0.2, 0.25) is 17.7 Å². The zero-order valence-corrected chi connectivity index (χ0v) is 17.0. The molecule has 0 aromatic rings. The van der Waals surface area contributed by atoms with E-state index in [0.717, 1.165) is 0 Å². The average Bonchev–Trinajstić information content (AvgIpc) is 2.66. The molecule has 0 rings (SSSR count). The fraction of sp³-hybridized carbons (Fsp3) is 0.647. The third-order valence-electron chi connectivity index (χ3n) is 4.06. The third kappa shape index (κ3) is 10.4. The number of carboxylic acids is 3. The van der Waals surface area contributed by atoms with Gasteiger partial charge in [0.15, 0.2) is 0 Å². The first-order valence-corrected chi connectivity index (χ1v) is 9.24. The number of carboxylic acid groups (broad SMARTS) is 3. The number of hydrogen-bond acceptors (Lipinski definition) is 8. The van der Waals surface area contributed by atoms with E-state index in [1.54, 1.807) is 0 Å². The van der Waals surface area contributed by atoms with Gasteiger partial charge in [-0.25, -0.2) is 4.79 Å². The van der Waals surface area contributed by atoms with E-state index < -0.39 is 91.6 Å². The van der Waals surface area contributed by atoms with Crippen LogP contribution >= 0.6 is 0 Å². The quantitative estimate of drug-likeness (QED) is 0.132. The summed E-state index contributed by atoms with van der Waals surface area (Å²) < 4.78 is 0. The molecule has 0 aliphatic carbocycles. The molecule has 14 nitrogen and oxygen atoms in total. The zero-order chi connectivity index (χ0) is 24.3. The number of amides is 3. The van der Waals surface area contributed by atoms with Crippen LogP contribution in [0.2, 0.25) is 0 Å². The Kier molecular flexibility index (Phi) is 11.7. The summed E-state index contributed by atoms with van der Waals surface area (Å²) in [6.07, 6.45) is -1.89. The van der Waals surface area contributed by atoms with Crippen molar-refractivity contribution in [3.8, 4) is 0 Å². The molecule has 14 heteroatoms. The van der Waals surface area contributed by atoms with E-state index in [1.165, 1.54) is 13.8 Å². The van der Waals surface area contributed by atoms with E-state index in [4.69, 9.17) is 21.1 Å². The van der Waals surface area contributed by atoms with Crippen molar-refractivity contribution in [2.24, 2.45) is 11.7 Å². The van der Waals surface area contributed by atoms with Crippen LogP contribution in [0.1, 0.15) is 33.1 Å². The summed E-state index contributed by atoms with van der Waals surface area (Å²) >= 11 is 0. The van der Waals surface area contributed by atoms with Crippen molar-refractivity contribution in [3.63, 3.8) is 0 Å². The van der Waals surface area contributed by atoms with Crippen LogP contribution in [-0.2, 0) is 28.8 Å². The Bertz CT molecular complexity index is 696. The van der Waals surface area contributed by atoms with Crippen molar-refractivity contribution in [3.05, 3.63) is 0 Å². The summed E-state index contributed by atoms with van der Waals surface area (Å²) in [7, 11) is 0. The molecular formula is C17H28N4O10. The smallest absolute Gasteiger partial charge is 0.326 e. The van der Waals surface area contributed by atoms with Gasteiger partial charge < -0.3 is 42.1 Å². The van der Waals surface area contributed by atoms with E-state index in [0.29, 0.717) is 0 Å². The first kappa shape index (κ1) is 27.7. The first-order valence-electron chi connectivity index (χ1n) is 9.24. The Morgan fingerprint density at radius 2 is 1.32 bits per heavy atom. The monoisotopic (exact) mass is 448 g/mol. The van der Waals surface area contributed by atoms with E-state index in [-0.39, 0.29) is 0 Å². The maximum absolute atomic E-state index is 12.5. The van der Waals surface area contributed by atoms with Crippen molar-refractivity contribution in [1.82, 2.24) is 16.0 Å². The van der Waals surface area contributed by atoms with Crippen LogP contribution in [0.4, 0.5) is 0 Å². The lowest BCUT2D eigenvalue weighted by Crippen LogP contribution is -2.58. The fourth-order valence-electron chi connectivity index (χ4n) is 2.32. The molecular weight excluding hydrogens is 420 g/mol. The molecule has 0 aliphatic rings. The topological polar surface area (TPSA) is 245 Å². The van der Waals surface area contributed by atoms with Gasteiger partial charge in [0.25, 0.3) is 0 Å². The van der Waals surface area contributed by atoms with Crippen molar-refractivity contribution in [2.45, 2.75) is 57.3 Å². The maximum atomic E-state index is 12.5. The number of aliphatic hydroxyl groups excluding tert-OH is 1. The van der Waals surface area contributed by atoms with Crippen molar-refractivity contribution in [1.29, 1.82) is 0 Å². The summed E-state index contributed by atoms with van der Waals surface area (Å²) in [5, 5.41) is 42.3. The minimum Gasteiger partial charge on any atom is -0.481 e. The summed E-state index contributed by atoms with van der Waals surface area (Å²) in [4.78, 5) is 70.0. The molecule has 176 valence electrons. The molecule has 0 fully saturated rings. The molecule has 0 radical (unpaired) electrons. The molecule has 4 atom stereocenters. The van der Waals surface area contributed by atoms with Crippen LogP contribution in [-0.4, -0.2) is 86.8 Å². The number of carbonyl (C=O) groups excluding carboxylic acids is 3. The standard InChI is InChI=1S/C17H28N4O10/c1-7(2)13(17(30)31)21-15(28)9(3-4-11(23)24)19-16(29)10(5-12(25)26)20-14(27)8(18)6-22/h7-10,13,22H,3-6,18H2,1-2H3,(H,19,29)(H,20,27)(H,21,28)(H,23,24)(H,25,26)(H,30,31). The van der Waals surface area contributed by atoms with Crippen molar-refractivity contribution < 1.29 is 49.2 Å². The van der Waals surface area contributed by atoms with Crippen molar-refractivity contribution >= 4 is 35.6 Å². The SMILES string of the molecule is CC(C)C(NC(=O)C(CCC(=O)O)NC(=O)C(CC(=O)O)NC(=O)C(N)CO)C(=O)O. The van der Waals surface area contributed by atoms with Gasteiger partial charge in [0.1, 0.15) is 24.2 Å². The first-order chi connectivity index (χ1) is 14.3. The third-order valence-corrected chi connectivity index (χ3v) is 4.06. The normalized spacial score (nSPS) is 14.6. The van der Waals surface area contributed by atoms with Crippen LogP contribution in [0, 0.1) is 5.92 Å². The Morgan fingerprint density at radius 1 is 0.806 bits per heavy atom. The summed E-state index contributed by atoms with van der Waals surface area (Å²) in [6, 6.07) is -5.97. The minimum atomic E-state index is -1.69. The predicted octanol–water partition coefficient (Wildman–Crippen LogP) is -3.16. The minimum absolute atomic E-state index is 0.429. The van der Waals surface area contributed by atoms with Crippen LogP contribution in [0.15, 0.2) is 0 Å². The van der Waals surface area contributed by atoms with Gasteiger partial charge in [0.05, 0.1) is 13.0 Å². The predicted molar refractivity (Wildman–Crippen MR) is 102 cm³/mol. The molecule has 0 saturated carbocycles. The zero-order valence-electron chi connectivity index (χ0n) is 17.0. The second-order valence-electron chi connectivity index (χ2n) is 7.01. The fourth-order valence-corrected chi connectivity index (χ4v) is 2.32. The van der Waals surface area contributed by atoms with E-state index >= 15 is 0 Å².